The number of unbranched alkanes of at least 4 members (excludes halogenated alkanes) is 3. The highest BCUT2D eigenvalue weighted by atomic mass is 16.6. The van der Waals surface area contributed by atoms with Gasteiger partial charge in [0.15, 0.2) is 0 Å². The number of rotatable bonds is 15. The maximum atomic E-state index is 14.8. The standard InChI is InChI=1S/C33H54N2O6/c1-10-12-16-20-40-29(39)25-24-27(37)34(18-14-13-15-19-36)26(33(24)21-23(3)32(25,9)41-33)28(38)35(17-11-2)31(7,8)22-30(4,5)6/h10-11,23-26,36H,1-2,12-22H2,3-9H3/t23?,24-,25-,26?,32+,33?/m0/s1. The molecule has 6 atom stereocenters. The van der Waals surface area contributed by atoms with Gasteiger partial charge in [-0.2, -0.15) is 0 Å². The molecule has 2 bridgehead atoms. The van der Waals surface area contributed by atoms with E-state index in [2.05, 4.69) is 47.8 Å². The van der Waals surface area contributed by atoms with Crippen LogP contribution >= 0.6 is 0 Å². The molecule has 3 fully saturated rings. The lowest BCUT2D eigenvalue weighted by molar-refractivity contribution is -0.163. The third-order valence-corrected chi connectivity index (χ3v) is 9.43. The van der Waals surface area contributed by atoms with E-state index in [1.807, 2.05) is 18.7 Å². The van der Waals surface area contributed by atoms with Gasteiger partial charge >= 0.3 is 5.97 Å². The first-order chi connectivity index (χ1) is 19.1. The van der Waals surface area contributed by atoms with Gasteiger partial charge in [0.05, 0.1) is 18.1 Å². The number of hydrogen-bond acceptors (Lipinski definition) is 6. The number of esters is 1. The summed E-state index contributed by atoms with van der Waals surface area (Å²) in [6.45, 7) is 23.3. The number of allylic oxidation sites excluding steroid dienone is 1. The molecule has 2 amide bonds. The summed E-state index contributed by atoms with van der Waals surface area (Å²) in [4.78, 5) is 46.3. The van der Waals surface area contributed by atoms with E-state index >= 15 is 0 Å². The van der Waals surface area contributed by atoms with Crippen LogP contribution in [-0.2, 0) is 23.9 Å². The minimum atomic E-state index is -1.11. The van der Waals surface area contributed by atoms with Crippen LogP contribution in [0.25, 0.3) is 0 Å². The number of ether oxygens (including phenoxy) is 2. The molecule has 3 heterocycles. The zero-order valence-electron chi connectivity index (χ0n) is 26.5. The van der Waals surface area contributed by atoms with Crippen LogP contribution in [0.1, 0.15) is 93.4 Å². The van der Waals surface area contributed by atoms with Crippen molar-refractivity contribution in [3.05, 3.63) is 25.3 Å². The molecule has 0 aliphatic carbocycles. The molecule has 0 aromatic heterocycles. The van der Waals surface area contributed by atoms with Crippen molar-refractivity contribution in [2.45, 2.75) is 116 Å². The van der Waals surface area contributed by atoms with Gasteiger partial charge in [-0.1, -0.05) is 39.8 Å². The van der Waals surface area contributed by atoms with Crippen LogP contribution in [0, 0.1) is 23.2 Å². The number of aliphatic hydroxyl groups is 1. The Hall–Kier alpha value is -2.19. The quantitative estimate of drug-likeness (QED) is 0.170. The molecule has 3 unspecified atom stereocenters. The minimum absolute atomic E-state index is 0.0374. The van der Waals surface area contributed by atoms with Crippen molar-refractivity contribution in [3.8, 4) is 0 Å². The molecular formula is C33H54N2O6. The second kappa shape index (κ2) is 12.6. The molecule has 3 aliphatic rings. The van der Waals surface area contributed by atoms with Crippen molar-refractivity contribution in [1.82, 2.24) is 9.80 Å². The molecule has 1 N–H and O–H groups in total. The van der Waals surface area contributed by atoms with Gasteiger partial charge in [-0.15, -0.1) is 13.2 Å². The summed E-state index contributed by atoms with van der Waals surface area (Å²) in [6, 6.07) is -0.851. The van der Waals surface area contributed by atoms with Gasteiger partial charge in [0.25, 0.3) is 0 Å². The van der Waals surface area contributed by atoms with Crippen LogP contribution in [0.2, 0.25) is 0 Å². The van der Waals surface area contributed by atoms with Crippen molar-refractivity contribution < 1.29 is 29.0 Å². The highest BCUT2D eigenvalue weighted by molar-refractivity contribution is 5.98. The van der Waals surface area contributed by atoms with E-state index in [1.165, 1.54) is 0 Å². The van der Waals surface area contributed by atoms with E-state index < -0.39 is 40.6 Å². The van der Waals surface area contributed by atoms with Gasteiger partial charge in [-0.25, -0.2) is 0 Å². The smallest absolute Gasteiger partial charge is 0.312 e. The van der Waals surface area contributed by atoms with E-state index in [1.54, 1.807) is 17.1 Å². The van der Waals surface area contributed by atoms with Crippen molar-refractivity contribution >= 4 is 17.8 Å². The Morgan fingerprint density at radius 2 is 1.83 bits per heavy atom. The van der Waals surface area contributed by atoms with Gasteiger partial charge in [0, 0.05) is 25.2 Å². The van der Waals surface area contributed by atoms with Crippen molar-refractivity contribution in [2.75, 3.05) is 26.3 Å². The Morgan fingerprint density at radius 1 is 1.15 bits per heavy atom. The molecule has 3 aliphatic heterocycles. The first-order valence-electron chi connectivity index (χ1n) is 15.4. The molecule has 0 radical (unpaired) electrons. The molecule has 8 nitrogen and oxygen atoms in total. The average Bonchev–Trinajstić information content (AvgIpc) is 3.37. The van der Waals surface area contributed by atoms with Gasteiger partial charge in [0.2, 0.25) is 11.8 Å². The number of nitrogens with zero attached hydrogens (tertiary/aromatic N) is 2. The predicted molar refractivity (Wildman–Crippen MR) is 160 cm³/mol. The highest BCUT2D eigenvalue weighted by Crippen LogP contribution is 2.65. The molecule has 3 rings (SSSR count). The summed E-state index contributed by atoms with van der Waals surface area (Å²) < 4.78 is 12.6. The topological polar surface area (TPSA) is 96.4 Å². The second-order valence-electron chi connectivity index (χ2n) is 14.4. The lowest BCUT2D eigenvalue weighted by Crippen LogP contribution is -2.61. The molecule has 0 aromatic carbocycles. The lowest BCUT2D eigenvalue weighted by atomic mass is 9.62. The lowest BCUT2D eigenvalue weighted by Gasteiger charge is -2.45. The molecule has 0 aromatic rings. The van der Waals surface area contributed by atoms with E-state index in [4.69, 9.17) is 9.47 Å². The summed E-state index contributed by atoms with van der Waals surface area (Å²) in [5, 5.41) is 9.31. The molecular weight excluding hydrogens is 520 g/mol. The zero-order chi connectivity index (χ0) is 30.8. The molecule has 8 heteroatoms. The summed E-state index contributed by atoms with van der Waals surface area (Å²) in [5.74, 6) is -2.39. The SMILES string of the molecule is C=CCCCOC(=O)[C@@H]1[C@H]2C(=O)N(CCCCCO)C(C(=O)N(CC=C)C(C)(C)CC(C)(C)C)C23CC(C)[C@@]1(C)O3. The van der Waals surface area contributed by atoms with Crippen LogP contribution in [0.4, 0.5) is 0 Å². The van der Waals surface area contributed by atoms with Gasteiger partial charge in [-0.05, 0) is 77.0 Å². The normalized spacial score (nSPS) is 30.8. The minimum Gasteiger partial charge on any atom is -0.465 e. The number of amides is 2. The van der Waals surface area contributed by atoms with Gasteiger partial charge < -0.3 is 24.4 Å². The number of carbonyl (C=O) groups is 3. The Kier molecular flexibility index (Phi) is 10.2. The Bertz CT molecular complexity index is 1000. The first-order valence-corrected chi connectivity index (χ1v) is 15.4. The molecule has 232 valence electrons. The summed E-state index contributed by atoms with van der Waals surface area (Å²) in [7, 11) is 0. The van der Waals surface area contributed by atoms with Crippen LogP contribution in [0.3, 0.4) is 0 Å². The maximum Gasteiger partial charge on any atom is 0.312 e. The highest BCUT2D eigenvalue weighted by Gasteiger charge is 2.80. The fourth-order valence-electron chi connectivity index (χ4n) is 7.98. The summed E-state index contributed by atoms with van der Waals surface area (Å²) in [5.41, 5.74) is -2.56. The molecule has 0 saturated carbocycles. The second-order valence-corrected chi connectivity index (χ2v) is 14.4. The third kappa shape index (κ3) is 6.29. The van der Waals surface area contributed by atoms with E-state index in [0.717, 1.165) is 19.3 Å². The maximum absolute atomic E-state index is 14.8. The fraction of sp³-hybridized carbons (Fsp3) is 0.788. The monoisotopic (exact) mass is 574 g/mol. The van der Waals surface area contributed by atoms with E-state index in [9.17, 15) is 19.5 Å². The molecule has 3 saturated heterocycles. The van der Waals surface area contributed by atoms with Crippen LogP contribution in [0.15, 0.2) is 25.3 Å². The van der Waals surface area contributed by atoms with Gasteiger partial charge in [0.1, 0.15) is 17.6 Å². The van der Waals surface area contributed by atoms with Crippen molar-refractivity contribution in [3.63, 3.8) is 0 Å². The van der Waals surface area contributed by atoms with Crippen LogP contribution in [-0.4, -0.2) is 81.8 Å². The number of likely N-dealkylation sites (tertiary alicyclic amines) is 1. The summed E-state index contributed by atoms with van der Waals surface area (Å²) >= 11 is 0. The first kappa shape index (κ1) is 33.3. The largest absolute Gasteiger partial charge is 0.465 e. The molecule has 1 spiro atoms. The van der Waals surface area contributed by atoms with Crippen molar-refractivity contribution in [1.29, 1.82) is 0 Å². The van der Waals surface area contributed by atoms with Gasteiger partial charge in [-0.3, -0.25) is 14.4 Å². The summed E-state index contributed by atoms with van der Waals surface area (Å²) in [6.07, 6.45) is 8.19. The Balaban J connectivity index is 2.06. The number of aliphatic hydroxyl groups excluding tert-OH is 1. The van der Waals surface area contributed by atoms with Crippen LogP contribution < -0.4 is 0 Å². The van der Waals surface area contributed by atoms with Crippen LogP contribution in [0.5, 0.6) is 0 Å². The third-order valence-electron chi connectivity index (χ3n) is 9.43. The number of hydrogen-bond donors (Lipinski definition) is 1. The predicted octanol–water partition coefficient (Wildman–Crippen LogP) is 4.90. The number of carbonyl (C=O) groups excluding carboxylic acids is 3. The zero-order valence-corrected chi connectivity index (χ0v) is 26.5. The van der Waals surface area contributed by atoms with E-state index in [-0.39, 0.29) is 36.4 Å². The Morgan fingerprint density at radius 3 is 2.41 bits per heavy atom. The number of fused-ring (bicyclic) bond motifs is 1. The Labute approximate surface area is 247 Å². The molecule has 41 heavy (non-hydrogen) atoms. The fourth-order valence-corrected chi connectivity index (χ4v) is 7.98. The van der Waals surface area contributed by atoms with E-state index in [0.29, 0.717) is 38.8 Å². The van der Waals surface area contributed by atoms with Crippen molar-refractivity contribution in [2.24, 2.45) is 23.2 Å². The average molecular weight is 575 g/mol.